The minimum absolute atomic E-state index is 0.0504. The molecule has 4 aliphatic rings. The van der Waals surface area contributed by atoms with E-state index < -0.39 is 155 Å². The van der Waals surface area contributed by atoms with Gasteiger partial charge in [-0.15, -0.1) is 0 Å². The van der Waals surface area contributed by atoms with Gasteiger partial charge in [0, 0.05) is 32.3 Å². The Balaban J connectivity index is 1.53. The third-order valence-corrected chi connectivity index (χ3v) is 13.8. The van der Waals surface area contributed by atoms with Gasteiger partial charge in [-0.1, -0.05) is 0 Å². The fraction of sp³-hybridized carbons (Fsp3) is 0.754. The van der Waals surface area contributed by atoms with Crippen molar-refractivity contribution in [2.24, 2.45) is 0 Å². The molecule has 1 aromatic rings. The van der Waals surface area contributed by atoms with Crippen LogP contribution in [-0.2, 0) is 58.8 Å². The maximum atomic E-state index is 14.1. The van der Waals surface area contributed by atoms with Gasteiger partial charge in [-0.05, 0) is 147 Å². The van der Waals surface area contributed by atoms with Gasteiger partial charge in [0.2, 0.25) is 12.2 Å². The number of rotatable bonds is 19. The van der Waals surface area contributed by atoms with E-state index in [1.807, 2.05) is 0 Å². The Labute approximate surface area is 507 Å². The van der Waals surface area contributed by atoms with Gasteiger partial charge >= 0.3 is 30.5 Å². The second-order valence-electron chi connectivity index (χ2n) is 26.6. The van der Waals surface area contributed by atoms with Crippen molar-refractivity contribution in [2.45, 2.75) is 237 Å². The minimum atomic E-state index is -1.98. The van der Waals surface area contributed by atoms with Gasteiger partial charge in [-0.2, -0.15) is 0 Å². The lowest BCUT2D eigenvalue weighted by Crippen LogP contribution is -2.71. The summed E-state index contributed by atoms with van der Waals surface area (Å²) < 4.78 is 59.4. The number of non-ortho nitro benzene ring substituents is 1. The van der Waals surface area contributed by atoms with Crippen molar-refractivity contribution < 1.29 is 101 Å². The summed E-state index contributed by atoms with van der Waals surface area (Å²) in [4.78, 5) is 93.7. The van der Waals surface area contributed by atoms with Crippen LogP contribution in [0, 0.1) is 10.1 Å². The summed E-state index contributed by atoms with van der Waals surface area (Å²) in [6.45, 7) is 23.4. The molecule has 1 unspecified atom stereocenters. The van der Waals surface area contributed by atoms with E-state index in [0.29, 0.717) is 5.56 Å². The Kier molecular flexibility index (Phi) is 23.7. The van der Waals surface area contributed by atoms with Crippen molar-refractivity contribution in [1.82, 2.24) is 36.4 Å². The molecule has 6 amide bonds. The molecule has 0 spiro atoms. The molecule has 1 aromatic carbocycles. The number of nitro groups is 1. The van der Waals surface area contributed by atoms with Crippen LogP contribution in [0.1, 0.15) is 129 Å². The average molecular weight is 1240 g/mol. The van der Waals surface area contributed by atoms with Crippen molar-refractivity contribution in [3.05, 3.63) is 51.8 Å². The first-order valence-corrected chi connectivity index (χ1v) is 28.8. The first-order valence-electron chi connectivity index (χ1n) is 28.8. The number of nitrogens with one attached hydrogen (secondary N) is 5. The van der Waals surface area contributed by atoms with Crippen LogP contribution in [0.15, 0.2) is 36.1 Å². The third kappa shape index (κ3) is 21.4. The highest BCUT2D eigenvalue weighted by atomic mass is 16.7. The predicted octanol–water partition coefficient (Wildman–Crippen LogP) is 3.67. The molecule has 3 aliphatic heterocycles. The van der Waals surface area contributed by atoms with Crippen molar-refractivity contribution in [2.75, 3.05) is 39.9 Å². The zero-order valence-electron chi connectivity index (χ0n) is 52.7. The molecule has 3 fully saturated rings. The fourth-order valence-electron chi connectivity index (χ4n) is 9.95. The van der Waals surface area contributed by atoms with Crippen LogP contribution in [0.2, 0.25) is 0 Å². The molecule has 2 saturated heterocycles. The van der Waals surface area contributed by atoms with E-state index in [1.165, 1.54) is 43.1 Å². The lowest BCUT2D eigenvalue weighted by Gasteiger charge is -2.50. The summed E-state index contributed by atoms with van der Waals surface area (Å²) in [5, 5.41) is 72.9. The van der Waals surface area contributed by atoms with Crippen LogP contribution < -0.4 is 26.6 Å². The van der Waals surface area contributed by atoms with Gasteiger partial charge in [0.1, 0.15) is 76.6 Å². The van der Waals surface area contributed by atoms with Crippen LogP contribution in [0.3, 0.4) is 0 Å². The summed E-state index contributed by atoms with van der Waals surface area (Å²) in [6, 6.07) is -0.315. The fourth-order valence-corrected chi connectivity index (χ4v) is 9.95. The van der Waals surface area contributed by atoms with Crippen molar-refractivity contribution in [3.8, 4) is 0 Å². The number of amides is 6. The number of nitro benzene ring substituents is 1. The second kappa shape index (κ2) is 28.8. The number of aliphatic hydroxyl groups is 4. The van der Waals surface area contributed by atoms with Crippen LogP contribution >= 0.6 is 0 Å². The maximum Gasteiger partial charge on any atom is 0.412 e. The van der Waals surface area contributed by atoms with Crippen molar-refractivity contribution in [1.29, 1.82) is 0 Å². The molecular weight excluding hydrogens is 1150 g/mol. The van der Waals surface area contributed by atoms with Gasteiger partial charge < -0.3 is 99.3 Å². The maximum absolute atomic E-state index is 14.1. The smallest absolute Gasteiger partial charge is 0.412 e. The topological polar surface area (TPSA) is 385 Å². The molecule has 30 nitrogen and oxygen atoms in total. The van der Waals surface area contributed by atoms with Gasteiger partial charge in [-0.3, -0.25) is 19.8 Å². The van der Waals surface area contributed by atoms with E-state index in [2.05, 4.69) is 26.6 Å². The van der Waals surface area contributed by atoms with Crippen molar-refractivity contribution in [3.63, 3.8) is 0 Å². The molecule has 9 N–H and O–H groups in total. The lowest BCUT2D eigenvalue weighted by atomic mass is 9.82. The van der Waals surface area contributed by atoms with Gasteiger partial charge in [0.15, 0.2) is 6.29 Å². The predicted molar refractivity (Wildman–Crippen MR) is 307 cm³/mol. The van der Waals surface area contributed by atoms with Crippen LogP contribution in [0.25, 0.3) is 0 Å². The van der Waals surface area contributed by atoms with E-state index in [9.17, 15) is 59.3 Å². The summed E-state index contributed by atoms with van der Waals surface area (Å²) in [5.74, 6) is -0.891. The minimum Gasteiger partial charge on any atom is -0.466 e. The lowest BCUT2D eigenvalue weighted by molar-refractivity contribution is -0.384. The zero-order chi connectivity index (χ0) is 65.4. The first kappa shape index (κ1) is 71.4. The number of nitrogens with zero attached hydrogens (tertiary/aromatic N) is 3. The number of likely N-dealkylation sites (N-methyl/N-ethyl adjacent to an activating group) is 1. The van der Waals surface area contributed by atoms with Crippen molar-refractivity contribution >= 4 is 42.1 Å². The number of alkyl carbamates (subject to hydrolysis) is 3. The molecule has 1 saturated carbocycles. The third-order valence-electron chi connectivity index (χ3n) is 13.8. The van der Waals surface area contributed by atoms with E-state index in [0.717, 1.165) is 4.90 Å². The number of carbonyl (C=O) groups is 6. The number of aliphatic hydroxyl groups excluding tert-OH is 3. The standard InChI is InChI=1S/C57H92N8O22/c1-52(2,3)84-48(71)58-24-23-38(66)44(69)61-36-25-37(62-49(72)85-53(4,5)6)42(39(67)41(36)83-46-40(68)43(57(15,75)30-79-46)63(16)50(73)86-54(7,8)9)82-45-35(59-26-33-29-80-56(13,14)64(33)51(74)87-55(10,11)12)22-21-34(81-45)27-60-47(70)78-28-31-17-19-32(20-18-31)65(76)77/h17-21,33,35-43,45-46,59,66-68,75H,22-30H2,1-16H3,(H,58,71)(H,60,70)(H,61,69)(H,62,72)/t33?,35-,36-,37+,38+,39-,40-,41+,42-,43-,45-,46-,57+/m1/s1. The van der Waals surface area contributed by atoms with E-state index in [4.69, 9.17) is 47.4 Å². The molecular formula is C57H92N8O22. The van der Waals surface area contributed by atoms with E-state index in [-0.39, 0.29) is 63.6 Å². The number of hydrogen-bond donors (Lipinski definition) is 9. The highest BCUT2D eigenvalue weighted by Crippen LogP contribution is 2.36. The molecule has 5 rings (SSSR count). The van der Waals surface area contributed by atoms with Crippen LogP contribution in [0.5, 0.6) is 0 Å². The summed E-state index contributed by atoms with van der Waals surface area (Å²) in [5.41, 5.74) is -6.48. The number of ether oxygens (including phenoxy) is 10. The monoisotopic (exact) mass is 1240 g/mol. The van der Waals surface area contributed by atoms with E-state index in [1.54, 1.807) is 103 Å². The van der Waals surface area contributed by atoms with Crippen LogP contribution in [-0.4, -0.2) is 218 Å². The zero-order valence-corrected chi connectivity index (χ0v) is 52.7. The number of hydrogen-bond acceptors (Lipinski definition) is 23. The Morgan fingerprint density at radius 2 is 1.36 bits per heavy atom. The number of carbonyl (C=O) groups excluding carboxylic acids is 6. The Hall–Kier alpha value is -6.38. The molecule has 0 radical (unpaired) electrons. The molecule has 492 valence electrons. The molecule has 87 heavy (non-hydrogen) atoms. The van der Waals surface area contributed by atoms with Gasteiger partial charge in [0.05, 0.1) is 54.9 Å². The summed E-state index contributed by atoms with van der Waals surface area (Å²) in [7, 11) is 1.29. The van der Waals surface area contributed by atoms with Crippen LogP contribution in [0.4, 0.5) is 29.7 Å². The largest absolute Gasteiger partial charge is 0.466 e. The molecule has 0 bridgehead atoms. The molecule has 1 aliphatic carbocycles. The molecule has 13 atom stereocenters. The summed E-state index contributed by atoms with van der Waals surface area (Å²) >= 11 is 0. The molecule has 3 heterocycles. The summed E-state index contributed by atoms with van der Waals surface area (Å²) in [6.07, 6.45) is -15.5. The Morgan fingerprint density at radius 1 is 0.782 bits per heavy atom. The average Bonchev–Trinajstić information content (AvgIpc) is 1.60. The Bertz CT molecular complexity index is 2580. The van der Waals surface area contributed by atoms with Gasteiger partial charge in [-0.25, -0.2) is 24.0 Å². The van der Waals surface area contributed by atoms with Gasteiger partial charge in [0.25, 0.3) is 5.69 Å². The molecule has 0 aromatic heterocycles. The number of benzene rings is 1. The second-order valence-corrected chi connectivity index (χ2v) is 26.6. The highest BCUT2D eigenvalue weighted by molar-refractivity contribution is 5.81. The molecule has 30 heteroatoms. The normalized spacial score (nSPS) is 27.9. The van der Waals surface area contributed by atoms with E-state index >= 15 is 0 Å². The quantitative estimate of drug-likeness (QED) is 0.0542. The first-order chi connectivity index (χ1) is 40.0. The highest BCUT2D eigenvalue weighted by Gasteiger charge is 2.55. The SMILES string of the molecule is CN(C(=O)OC(C)(C)C)[C@@H]1[C@@H](O)[C@@H](O[C@@H]2[C@@H](O)[C@H](O[C@H]3OC(CNC(=O)OCc4ccc([N+](=O)[O-])cc4)=CC[C@H]3NCC3COC(C)(C)N3C(=O)OC(C)(C)C)[C@@H](NC(=O)OC(C)(C)C)C[C@H]2NC(=O)[C@@H](O)CCNC(=O)OC(C)(C)C)OC[C@]1(C)O. The Morgan fingerprint density at radius 3 is 1.94 bits per heavy atom.